The van der Waals surface area contributed by atoms with Gasteiger partial charge in [-0.05, 0) is 24.6 Å². The molecule has 1 aromatic carbocycles. The Morgan fingerprint density at radius 1 is 1.50 bits per heavy atom. The Bertz CT molecular complexity index is 312. The minimum absolute atomic E-state index is 0.421. The molecule has 0 spiro atoms. The van der Waals surface area contributed by atoms with Gasteiger partial charge in [-0.25, -0.2) is 4.21 Å². The van der Waals surface area contributed by atoms with Gasteiger partial charge in [-0.1, -0.05) is 6.07 Å². The quantitative estimate of drug-likeness (QED) is 0.688. The molecule has 0 aliphatic carbocycles. The van der Waals surface area contributed by atoms with Crippen LogP contribution in [0.1, 0.15) is 5.56 Å². The number of benzene rings is 1. The van der Waals surface area contributed by atoms with Gasteiger partial charge in [-0.2, -0.15) is 0 Å². The van der Waals surface area contributed by atoms with Crippen LogP contribution in [0.4, 0.5) is 5.69 Å². The van der Waals surface area contributed by atoms with E-state index in [1.54, 1.807) is 19.2 Å². The van der Waals surface area contributed by atoms with Crippen LogP contribution < -0.4 is 5.32 Å². The first kappa shape index (κ1) is 9.22. The molecule has 66 valence electrons. The predicted molar refractivity (Wildman–Crippen MR) is 49.8 cm³/mol. The van der Waals surface area contributed by atoms with E-state index in [1.807, 2.05) is 13.0 Å². The fourth-order valence-electron chi connectivity index (χ4n) is 0.979. The molecule has 3 nitrogen and oxygen atoms in total. The lowest BCUT2D eigenvalue weighted by molar-refractivity contribution is 0.564. The average Bonchev–Trinajstić information content (AvgIpc) is 2.05. The summed E-state index contributed by atoms with van der Waals surface area (Å²) in [6, 6.07) is 5.13. The second kappa shape index (κ2) is 3.69. The first-order chi connectivity index (χ1) is 5.65. The van der Waals surface area contributed by atoms with Crippen molar-refractivity contribution in [3.8, 4) is 0 Å². The van der Waals surface area contributed by atoms with E-state index in [0.29, 0.717) is 4.90 Å². The third kappa shape index (κ3) is 1.84. The molecular weight excluding hydrogens is 174 g/mol. The summed E-state index contributed by atoms with van der Waals surface area (Å²) in [6.45, 7) is 1.94. The van der Waals surface area contributed by atoms with Gasteiger partial charge in [0.2, 0.25) is 0 Å². The Hall–Kier alpha value is -0.870. The number of anilines is 1. The number of hydrogen-bond acceptors (Lipinski definition) is 2. The fraction of sp³-hybridized carbons (Fsp3) is 0.250. The maximum atomic E-state index is 10.7. The Kier molecular flexibility index (Phi) is 2.83. The van der Waals surface area contributed by atoms with Gasteiger partial charge in [0, 0.05) is 12.7 Å². The van der Waals surface area contributed by atoms with Crippen LogP contribution in [0.5, 0.6) is 0 Å². The lowest BCUT2D eigenvalue weighted by Crippen LogP contribution is -1.95. The average molecular weight is 185 g/mol. The van der Waals surface area contributed by atoms with Crippen molar-refractivity contribution in [2.75, 3.05) is 12.4 Å². The Labute approximate surface area is 74.1 Å². The van der Waals surface area contributed by atoms with Crippen molar-refractivity contribution < 1.29 is 8.76 Å². The maximum absolute atomic E-state index is 10.7. The van der Waals surface area contributed by atoms with E-state index < -0.39 is 11.1 Å². The Morgan fingerprint density at radius 3 is 2.67 bits per heavy atom. The smallest absolute Gasteiger partial charge is 0.186 e. The first-order valence-electron chi connectivity index (χ1n) is 3.54. The SMILES string of the molecule is CNc1cc(S(=O)O)ccc1C. The number of rotatable bonds is 2. The highest BCUT2D eigenvalue weighted by Crippen LogP contribution is 2.17. The topological polar surface area (TPSA) is 49.3 Å². The third-order valence-electron chi connectivity index (χ3n) is 1.68. The Balaban J connectivity index is 3.13. The first-order valence-corrected chi connectivity index (χ1v) is 4.65. The van der Waals surface area contributed by atoms with E-state index in [2.05, 4.69) is 5.32 Å². The van der Waals surface area contributed by atoms with Gasteiger partial charge in [0.05, 0.1) is 4.90 Å². The van der Waals surface area contributed by atoms with Gasteiger partial charge in [-0.3, -0.25) is 0 Å². The van der Waals surface area contributed by atoms with Crippen molar-refractivity contribution in [1.29, 1.82) is 0 Å². The van der Waals surface area contributed by atoms with Gasteiger partial charge in [0.25, 0.3) is 0 Å². The molecule has 0 heterocycles. The van der Waals surface area contributed by atoms with Crippen molar-refractivity contribution in [2.24, 2.45) is 0 Å². The van der Waals surface area contributed by atoms with Crippen molar-refractivity contribution >= 4 is 16.8 Å². The molecule has 1 aromatic rings. The Morgan fingerprint density at radius 2 is 2.17 bits per heavy atom. The van der Waals surface area contributed by atoms with Crippen LogP contribution in [0.3, 0.4) is 0 Å². The van der Waals surface area contributed by atoms with E-state index in [-0.39, 0.29) is 0 Å². The molecule has 0 saturated heterocycles. The third-order valence-corrected chi connectivity index (χ3v) is 2.34. The lowest BCUT2D eigenvalue weighted by atomic mass is 10.2. The van der Waals surface area contributed by atoms with Crippen molar-refractivity contribution in [3.05, 3.63) is 23.8 Å². The van der Waals surface area contributed by atoms with Gasteiger partial charge in [0.15, 0.2) is 11.1 Å². The van der Waals surface area contributed by atoms with Crippen LogP contribution in [0, 0.1) is 6.92 Å². The van der Waals surface area contributed by atoms with Gasteiger partial charge in [0.1, 0.15) is 0 Å². The normalized spacial score (nSPS) is 12.6. The molecule has 0 aromatic heterocycles. The zero-order valence-corrected chi connectivity index (χ0v) is 7.81. The molecule has 1 rings (SSSR count). The fourth-order valence-corrected chi connectivity index (χ4v) is 1.38. The highest BCUT2D eigenvalue weighted by atomic mass is 32.2. The van der Waals surface area contributed by atoms with Crippen LogP contribution in [-0.2, 0) is 11.1 Å². The number of hydrogen-bond donors (Lipinski definition) is 2. The van der Waals surface area contributed by atoms with Gasteiger partial charge < -0.3 is 9.87 Å². The van der Waals surface area contributed by atoms with E-state index in [1.165, 1.54) is 0 Å². The van der Waals surface area contributed by atoms with Gasteiger partial charge in [-0.15, -0.1) is 0 Å². The highest BCUT2D eigenvalue weighted by Gasteiger charge is 2.02. The van der Waals surface area contributed by atoms with Crippen LogP contribution >= 0.6 is 0 Å². The molecule has 0 amide bonds. The zero-order chi connectivity index (χ0) is 9.14. The zero-order valence-electron chi connectivity index (χ0n) is 7.00. The summed E-state index contributed by atoms with van der Waals surface area (Å²) in [6.07, 6.45) is 0. The molecule has 1 unspecified atom stereocenters. The summed E-state index contributed by atoms with van der Waals surface area (Å²) >= 11 is -1.89. The second-order valence-electron chi connectivity index (χ2n) is 2.48. The summed E-state index contributed by atoms with van der Waals surface area (Å²) in [4.78, 5) is 0.421. The van der Waals surface area contributed by atoms with Crippen LogP contribution in [0.2, 0.25) is 0 Å². The minimum atomic E-state index is -1.89. The lowest BCUT2D eigenvalue weighted by Gasteiger charge is -2.05. The minimum Gasteiger partial charge on any atom is -0.388 e. The molecular formula is C8H11NO2S. The summed E-state index contributed by atoms with van der Waals surface area (Å²) in [7, 11) is 1.78. The van der Waals surface area contributed by atoms with E-state index in [0.717, 1.165) is 11.3 Å². The molecule has 0 radical (unpaired) electrons. The summed E-state index contributed by atoms with van der Waals surface area (Å²) in [5.41, 5.74) is 1.95. The summed E-state index contributed by atoms with van der Waals surface area (Å²) in [5.74, 6) is 0. The molecule has 1 atom stereocenters. The summed E-state index contributed by atoms with van der Waals surface area (Å²) < 4.78 is 19.4. The molecule has 2 N–H and O–H groups in total. The standard InChI is InChI=1S/C8H11NO2S/c1-6-3-4-7(12(10)11)5-8(6)9-2/h3-5,9H,1-2H3,(H,10,11). The van der Waals surface area contributed by atoms with E-state index >= 15 is 0 Å². The number of nitrogens with one attached hydrogen (secondary N) is 1. The monoisotopic (exact) mass is 185 g/mol. The number of aryl methyl sites for hydroxylation is 1. The molecule has 0 fully saturated rings. The second-order valence-corrected chi connectivity index (χ2v) is 3.45. The van der Waals surface area contributed by atoms with Gasteiger partial charge >= 0.3 is 0 Å². The van der Waals surface area contributed by atoms with Crippen LogP contribution in [0.15, 0.2) is 23.1 Å². The summed E-state index contributed by atoms with van der Waals surface area (Å²) in [5, 5.41) is 2.94. The molecule has 0 aliphatic heterocycles. The van der Waals surface area contributed by atoms with Crippen molar-refractivity contribution in [2.45, 2.75) is 11.8 Å². The van der Waals surface area contributed by atoms with Crippen molar-refractivity contribution in [3.63, 3.8) is 0 Å². The molecule has 0 bridgehead atoms. The van der Waals surface area contributed by atoms with Crippen LogP contribution in [-0.4, -0.2) is 15.8 Å². The molecule has 12 heavy (non-hydrogen) atoms. The van der Waals surface area contributed by atoms with Crippen LogP contribution in [0.25, 0.3) is 0 Å². The molecule has 4 heteroatoms. The molecule has 0 aliphatic rings. The largest absolute Gasteiger partial charge is 0.388 e. The van der Waals surface area contributed by atoms with E-state index in [4.69, 9.17) is 4.55 Å². The highest BCUT2D eigenvalue weighted by molar-refractivity contribution is 7.79. The maximum Gasteiger partial charge on any atom is 0.186 e. The van der Waals surface area contributed by atoms with Crippen molar-refractivity contribution in [1.82, 2.24) is 0 Å². The predicted octanol–water partition coefficient (Wildman–Crippen LogP) is 1.62. The molecule has 0 saturated carbocycles. The van der Waals surface area contributed by atoms with E-state index in [9.17, 15) is 4.21 Å².